The number of amides is 4. The molecule has 5 N–H and O–H groups in total. The third-order valence-electron chi connectivity index (χ3n) is 12.0. The number of rotatable bonds is 9. The van der Waals surface area contributed by atoms with E-state index in [9.17, 15) is 33.6 Å². The van der Waals surface area contributed by atoms with Gasteiger partial charge in [0.2, 0.25) is 23.6 Å². The van der Waals surface area contributed by atoms with Crippen molar-refractivity contribution in [3.63, 3.8) is 0 Å². The molecule has 0 saturated heterocycles. The number of hydrogen-bond donors (Lipinski definition) is 4. The fourth-order valence-corrected chi connectivity index (χ4v) is 8.71. The molecule has 0 aromatic heterocycles. The number of carbonyl (C=O) groups is 7. The van der Waals surface area contributed by atoms with Crippen molar-refractivity contribution in [2.45, 2.75) is 140 Å². The van der Waals surface area contributed by atoms with Gasteiger partial charge in [0.05, 0.1) is 12.1 Å². The van der Waals surface area contributed by atoms with Gasteiger partial charge in [-0.3, -0.25) is 33.6 Å². The van der Waals surface area contributed by atoms with Crippen molar-refractivity contribution in [1.29, 1.82) is 0 Å². The lowest BCUT2D eigenvalue weighted by atomic mass is 9.79. The van der Waals surface area contributed by atoms with Crippen molar-refractivity contribution >= 4 is 41.0 Å². The molecule has 3 aliphatic rings. The van der Waals surface area contributed by atoms with Crippen LogP contribution in [0.25, 0.3) is 0 Å². The van der Waals surface area contributed by atoms with E-state index in [-0.39, 0.29) is 60.8 Å². The summed E-state index contributed by atoms with van der Waals surface area (Å²) in [5.74, 6) is -3.01. The minimum Gasteiger partial charge on any atom is -0.368 e. The van der Waals surface area contributed by atoms with Crippen LogP contribution in [0.5, 0.6) is 0 Å². The molecular weight excluding hydrogens is 721 g/mol. The summed E-state index contributed by atoms with van der Waals surface area (Å²) in [4.78, 5) is 93.8. The largest absolute Gasteiger partial charge is 0.368 e. The van der Waals surface area contributed by atoms with Crippen LogP contribution < -0.4 is 21.7 Å². The Morgan fingerprint density at radius 1 is 0.579 bits per heavy atom. The zero-order valence-corrected chi connectivity index (χ0v) is 33.2. The number of ketones is 3. The summed E-state index contributed by atoms with van der Waals surface area (Å²) in [7, 11) is 0. The van der Waals surface area contributed by atoms with Crippen LogP contribution in [0.1, 0.15) is 137 Å². The summed E-state index contributed by atoms with van der Waals surface area (Å²) in [6.07, 6.45) is 15.5. The van der Waals surface area contributed by atoms with Crippen LogP contribution in [0.4, 0.5) is 0 Å². The molecular formula is C46H60N4O7. The van der Waals surface area contributed by atoms with E-state index < -0.39 is 41.8 Å². The summed E-state index contributed by atoms with van der Waals surface area (Å²) in [5.41, 5.74) is 7.43. The first-order chi connectivity index (χ1) is 27.5. The standard InChI is InChI=1S/C46H60N4O7/c47-45(56)37-19-11-4-12-20-40(51)38(29-33-21-23-35(24-22-33)44(55)34-17-9-3-10-18-34)50-46(57)36(27-31-13-5-1-6-14-31)30-41(52)39(28-32-15-7-2-8-16-32)49-43(54)26-25-42(53)48-37/h3,9-10,17-18,21-26,31-32,36-39H,1-2,4-8,11-16,19-20,27-30H2,(H2,47,56)(H,48,53)(H,49,54)(H,50,57)/b26-25+/t36-,37+,38?,39+/m1/s1. The molecule has 1 heterocycles. The molecule has 0 radical (unpaired) electrons. The molecule has 11 nitrogen and oxygen atoms in total. The third kappa shape index (κ3) is 13.9. The Morgan fingerprint density at radius 3 is 1.77 bits per heavy atom. The van der Waals surface area contributed by atoms with E-state index >= 15 is 0 Å². The number of nitrogens with one attached hydrogen (secondary N) is 3. The molecule has 0 bridgehead atoms. The number of Topliss-reactive ketones (excluding diaryl/α,β-unsaturated/α-hetero) is 2. The smallest absolute Gasteiger partial charge is 0.244 e. The zero-order valence-electron chi connectivity index (χ0n) is 33.2. The molecule has 306 valence electrons. The fraction of sp³-hybridized carbons (Fsp3) is 0.543. The van der Waals surface area contributed by atoms with Crippen LogP contribution >= 0.6 is 0 Å². The summed E-state index contributed by atoms with van der Waals surface area (Å²) >= 11 is 0. The van der Waals surface area contributed by atoms with Gasteiger partial charge in [0, 0.05) is 42.0 Å². The van der Waals surface area contributed by atoms with E-state index in [2.05, 4.69) is 16.0 Å². The van der Waals surface area contributed by atoms with Gasteiger partial charge in [-0.15, -0.1) is 0 Å². The SMILES string of the molecule is NC(=O)[C@@H]1CCCCCC(=O)C(Cc2ccc(C(=O)c3ccccc3)cc2)NC(=O)[C@H](CC2CCCCC2)CC(=O)[C@H](CC2CCCCC2)NC(=O)/C=C/C(=O)N1. The van der Waals surface area contributed by atoms with Gasteiger partial charge in [0.15, 0.2) is 17.3 Å². The number of carbonyl (C=O) groups excluding carboxylic acids is 7. The number of primary amides is 1. The average molecular weight is 781 g/mol. The fourth-order valence-electron chi connectivity index (χ4n) is 8.71. The minimum absolute atomic E-state index is 0.0816. The van der Waals surface area contributed by atoms with Gasteiger partial charge in [-0.25, -0.2) is 0 Å². The lowest BCUT2D eigenvalue weighted by molar-refractivity contribution is -0.134. The number of hydrogen-bond acceptors (Lipinski definition) is 7. The lowest BCUT2D eigenvalue weighted by Gasteiger charge is -2.30. The van der Waals surface area contributed by atoms with Gasteiger partial charge in [-0.1, -0.05) is 132 Å². The monoisotopic (exact) mass is 780 g/mol. The third-order valence-corrected chi connectivity index (χ3v) is 12.0. The van der Waals surface area contributed by atoms with Crippen LogP contribution in [0.3, 0.4) is 0 Å². The van der Waals surface area contributed by atoms with Gasteiger partial charge in [-0.05, 0) is 49.5 Å². The highest BCUT2D eigenvalue weighted by Crippen LogP contribution is 2.32. The highest BCUT2D eigenvalue weighted by Gasteiger charge is 2.33. The van der Waals surface area contributed by atoms with E-state index in [1.165, 1.54) is 0 Å². The quantitative estimate of drug-likeness (QED) is 0.225. The first-order valence-electron chi connectivity index (χ1n) is 21.2. The molecule has 57 heavy (non-hydrogen) atoms. The van der Waals surface area contributed by atoms with Crippen molar-refractivity contribution < 1.29 is 33.6 Å². The second-order valence-electron chi connectivity index (χ2n) is 16.4. The summed E-state index contributed by atoms with van der Waals surface area (Å²) < 4.78 is 0. The molecule has 1 aliphatic heterocycles. The van der Waals surface area contributed by atoms with Gasteiger partial charge < -0.3 is 21.7 Å². The molecule has 4 atom stereocenters. The Morgan fingerprint density at radius 2 is 1.14 bits per heavy atom. The Labute approximate surface area is 336 Å². The molecule has 11 heteroatoms. The molecule has 2 aromatic carbocycles. The first-order valence-corrected chi connectivity index (χ1v) is 21.2. The topological polar surface area (TPSA) is 182 Å². The average Bonchev–Trinajstić information content (AvgIpc) is 3.22. The van der Waals surface area contributed by atoms with Crippen LogP contribution in [-0.4, -0.2) is 59.1 Å². The molecule has 2 aliphatic carbocycles. The van der Waals surface area contributed by atoms with Gasteiger partial charge in [-0.2, -0.15) is 0 Å². The Kier molecular flexibility index (Phi) is 16.8. The van der Waals surface area contributed by atoms with E-state index in [0.717, 1.165) is 81.9 Å². The van der Waals surface area contributed by atoms with Crippen LogP contribution in [-0.2, 0) is 35.2 Å². The van der Waals surface area contributed by atoms with E-state index in [0.29, 0.717) is 43.2 Å². The van der Waals surface area contributed by atoms with E-state index in [4.69, 9.17) is 5.73 Å². The van der Waals surface area contributed by atoms with Gasteiger partial charge in [0.1, 0.15) is 6.04 Å². The maximum Gasteiger partial charge on any atom is 0.244 e. The number of benzene rings is 2. The predicted octanol–water partition coefficient (Wildman–Crippen LogP) is 6.01. The molecule has 5 rings (SSSR count). The van der Waals surface area contributed by atoms with Crippen LogP contribution in [0.15, 0.2) is 66.7 Å². The minimum atomic E-state index is -0.961. The zero-order chi connectivity index (χ0) is 40.6. The highest BCUT2D eigenvalue weighted by molar-refractivity contribution is 6.09. The number of nitrogens with two attached hydrogens (primary N) is 1. The second-order valence-corrected chi connectivity index (χ2v) is 16.4. The summed E-state index contributed by atoms with van der Waals surface area (Å²) in [6.45, 7) is 0. The summed E-state index contributed by atoms with van der Waals surface area (Å²) in [6, 6.07) is 13.4. The van der Waals surface area contributed by atoms with E-state index in [1.807, 2.05) is 18.2 Å². The van der Waals surface area contributed by atoms with Gasteiger partial charge in [0.25, 0.3) is 0 Å². The normalized spacial score (nSPS) is 25.1. The molecule has 0 spiro atoms. The molecule has 2 aromatic rings. The van der Waals surface area contributed by atoms with Crippen LogP contribution in [0, 0.1) is 17.8 Å². The van der Waals surface area contributed by atoms with Crippen LogP contribution in [0.2, 0.25) is 0 Å². The lowest BCUT2D eigenvalue weighted by Crippen LogP contribution is -2.47. The molecule has 4 amide bonds. The maximum absolute atomic E-state index is 14.4. The Balaban J connectivity index is 1.41. The van der Waals surface area contributed by atoms with Crippen molar-refractivity contribution in [1.82, 2.24) is 16.0 Å². The summed E-state index contributed by atoms with van der Waals surface area (Å²) in [5, 5.41) is 8.50. The molecule has 2 fully saturated rings. The van der Waals surface area contributed by atoms with Gasteiger partial charge >= 0.3 is 0 Å². The molecule has 2 saturated carbocycles. The van der Waals surface area contributed by atoms with Crippen molar-refractivity contribution in [2.75, 3.05) is 0 Å². The first kappa shape index (κ1) is 43.2. The highest BCUT2D eigenvalue weighted by atomic mass is 16.2. The van der Waals surface area contributed by atoms with E-state index in [1.54, 1.807) is 36.4 Å². The predicted molar refractivity (Wildman–Crippen MR) is 218 cm³/mol. The molecule has 1 unspecified atom stereocenters. The van der Waals surface area contributed by atoms with Crippen molar-refractivity contribution in [3.8, 4) is 0 Å². The van der Waals surface area contributed by atoms with Crippen molar-refractivity contribution in [2.24, 2.45) is 23.5 Å². The van der Waals surface area contributed by atoms with Crippen molar-refractivity contribution in [3.05, 3.63) is 83.4 Å². The Hall–Kier alpha value is -4.93. The Bertz CT molecular complexity index is 1730. The second kappa shape index (κ2) is 22.1. The maximum atomic E-state index is 14.4.